The number of carbonyl (C=O) groups is 1. The number of carbonyl (C=O) groups excluding carboxylic acids is 1. The Bertz CT molecular complexity index is 603. The number of nitrogens with zero attached hydrogens (tertiary/aromatic N) is 1. The van der Waals surface area contributed by atoms with Gasteiger partial charge in [-0.2, -0.15) is 0 Å². The number of hydrogen-bond donors (Lipinski definition) is 0. The Labute approximate surface area is 150 Å². The Hall–Kier alpha value is -1.71. The zero-order chi connectivity index (χ0) is 17.1. The highest BCUT2D eigenvalue weighted by molar-refractivity contribution is 5.79. The van der Waals surface area contributed by atoms with Gasteiger partial charge in [0, 0.05) is 18.5 Å². The van der Waals surface area contributed by atoms with Gasteiger partial charge in [-0.1, -0.05) is 44.6 Å². The van der Waals surface area contributed by atoms with Crippen LogP contribution in [0.4, 0.5) is 0 Å². The predicted octanol–water partition coefficient (Wildman–Crippen LogP) is 4.66. The van der Waals surface area contributed by atoms with E-state index in [2.05, 4.69) is 11.0 Å². The van der Waals surface area contributed by atoms with Crippen molar-refractivity contribution in [2.75, 3.05) is 6.79 Å². The molecular formula is C21H29NO3. The Morgan fingerprint density at radius 3 is 2.36 bits per heavy atom. The molecule has 4 nitrogen and oxygen atoms in total. The van der Waals surface area contributed by atoms with E-state index >= 15 is 0 Å². The lowest BCUT2D eigenvalue weighted by Crippen LogP contribution is -2.44. The third-order valence-corrected chi connectivity index (χ3v) is 6.04. The van der Waals surface area contributed by atoms with Gasteiger partial charge in [0.2, 0.25) is 12.7 Å². The molecule has 4 rings (SSSR count). The van der Waals surface area contributed by atoms with Crippen LogP contribution < -0.4 is 9.47 Å². The highest BCUT2D eigenvalue weighted by atomic mass is 16.7. The zero-order valence-corrected chi connectivity index (χ0v) is 15.0. The Morgan fingerprint density at radius 1 is 0.920 bits per heavy atom. The van der Waals surface area contributed by atoms with E-state index in [1.54, 1.807) is 0 Å². The lowest BCUT2D eigenvalue weighted by atomic mass is 9.86. The summed E-state index contributed by atoms with van der Waals surface area (Å²) < 4.78 is 10.9. The van der Waals surface area contributed by atoms with E-state index in [9.17, 15) is 4.79 Å². The molecule has 0 radical (unpaired) electrons. The maximum atomic E-state index is 13.3. The SMILES string of the molecule is O=C(C1CCCCC1)N(Cc1ccc2c(c1)OCO2)C1CCCCC1. The van der Waals surface area contributed by atoms with Gasteiger partial charge in [-0.15, -0.1) is 0 Å². The lowest BCUT2D eigenvalue weighted by molar-refractivity contribution is -0.140. The molecule has 0 unspecified atom stereocenters. The first-order valence-electron chi connectivity index (χ1n) is 10.0. The van der Waals surface area contributed by atoms with Crippen molar-refractivity contribution in [3.8, 4) is 11.5 Å². The van der Waals surface area contributed by atoms with E-state index in [0.717, 1.165) is 42.7 Å². The third-order valence-electron chi connectivity index (χ3n) is 6.04. The number of hydrogen-bond acceptors (Lipinski definition) is 3. The van der Waals surface area contributed by atoms with E-state index in [0.29, 0.717) is 25.3 Å². The maximum Gasteiger partial charge on any atom is 0.231 e. The summed E-state index contributed by atoms with van der Waals surface area (Å²) in [6.07, 6.45) is 12.0. The van der Waals surface area contributed by atoms with Crippen molar-refractivity contribution in [3.05, 3.63) is 23.8 Å². The van der Waals surface area contributed by atoms with Gasteiger partial charge in [0.05, 0.1) is 0 Å². The topological polar surface area (TPSA) is 38.8 Å². The molecule has 1 aromatic carbocycles. The molecule has 0 N–H and O–H groups in total. The molecular weight excluding hydrogens is 314 g/mol. The fraction of sp³-hybridized carbons (Fsp3) is 0.667. The van der Waals surface area contributed by atoms with Crippen LogP contribution in [0.25, 0.3) is 0 Å². The quantitative estimate of drug-likeness (QED) is 0.798. The van der Waals surface area contributed by atoms with Gasteiger partial charge < -0.3 is 14.4 Å². The van der Waals surface area contributed by atoms with E-state index in [1.165, 1.54) is 38.5 Å². The second-order valence-electron chi connectivity index (χ2n) is 7.78. The summed E-state index contributed by atoms with van der Waals surface area (Å²) in [5, 5.41) is 0. The maximum absolute atomic E-state index is 13.3. The zero-order valence-electron chi connectivity index (χ0n) is 15.0. The fourth-order valence-corrected chi connectivity index (χ4v) is 4.60. The lowest BCUT2D eigenvalue weighted by Gasteiger charge is -2.37. The molecule has 2 fully saturated rings. The summed E-state index contributed by atoms with van der Waals surface area (Å²) in [6, 6.07) is 6.51. The Balaban J connectivity index is 1.52. The van der Waals surface area contributed by atoms with Gasteiger partial charge in [-0.25, -0.2) is 0 Å². The summed E-state index contributed by atoms with van der Waals surface area (Å²) in [5.41, 5.74) is 1.15. The van der Waals surface area contributed by atoms with Crippen LogP contribution in [0, 0.1) is 5.92 Å². The molecule has 25 heavy (non-hydrogen) atoms. The van der Waals surface area contributed by atoms with E-state index in [1.807, 2.05) is 12.1 Å². The van der Waals surface area contributed by atoms with E-state index < -0.39 is 0 Å². The summed E-state index contributed by atoms with van der Waals surface area (Å²) in [6.45, 7) is 1.00. The summed E-state index contributed by atoms with van der Waals surface area (Å²) in [5.74, 6) is 2.26. The van der Waals surface area contributed by atoms with Gasteiger partial charge in [-0.05, 0) is 43.4 Å². The average molecular weight is 343 g/mol. The molecule has 0 spiro atoms. The van der Waals surface area contributed by atoms with Crippen molar-refractivity contribution in [1.29, 1.82) is 0 Å². The first-order chi connectivity index (χ1) is 12.3. The summed E-state index contributed by atoms with van der Waals surface area (Å²) in [7, 11) is 0. The van der Waals surface area contributed by atoms with Crippen molar-refractivity contribution >= 4 is 5.91 Å². The monoisotopic (exact) mass is 343 g/mol. The summed E-state index contributed by atoms with van der Waals surface area (Å²) >= 11 is 0. The third kappa shape index (κ3) is 3.78. The van der Waals surface area contributed by atoms with Crippen molar-refractivity contribution in [3.63, 3.8) is 0 Å². The fourth-order valence-electron chi connectivity index (χ4n) is 4.60. The molecule has 136 valence electrons. The molecule has 0 aromatic heterocycles. The number of ether oxygens (including phenoxy) is 2. The van der Waals surface area contributed by atoms with E-state index in [-0.39, 0.29) is 5.92 Å². The molecule has 0 atom stereocenters. The molecule has 2 aliphatic carbocycles. The van der Waals surface area contributed by atoms with Gasteiger partial charge in [-0.3, -0.25) is 4.79 Å². The van der Waals surface area contributed by atoms with Crippen molar-refractivity contribution in [2.45, 2.75) is 76.8 Å². The van der Waals surface area contributed by atoms with Crippen LogP contribution in [0.1, 0.15) is 69.8 Å². The first-order valence-corrected chi connectivity index (χ1v) is 10.0. The normalized spacial score (nSPS) is 21.3. The molecule has 3 aliphatic rings. The van der Waals surface area contributed by atoms with Gasteiger partial charge in [0.25, 0.3) is 0 Å². The highest BCUT2D eigenvalue weighted by Gasteiger charge is 2.31. The van der Waals surface area contributed by atoms with Crippen LogP contribution in [0.3, 0.4) is 0 Å². The number of benzene rings is 1. The van der Waals surface area contributed by atoms with Crippen molar-refractivity contribution in [2.24, 2.45) is 5.92 Å². The van der Waals surface area contributed by atoms with Crippen molar-refractivity contribution in [1.82, 2.24) is 4.90 Å². The van der Waals surface area contributed by atoms with Gasteiger partial charge in [0.15, 0.2) is 11.5 Å². The molecule has 2 saturated carbocycles. The minimum absolute atomic E-state index is 0.240. The predicted molar refractivity (Wildman–Crippen MR) is 96.6 cm³/mol. The second kappa shape index (κ2) is 7.67. The molecule has 1 aliphatic heterocycles. The minimum Gasteiger partial charge on any atom is -0.454 e. The van der Waals surface area contributed by atoms with Gasteiger partial charge in [0.1, 0.15) is 0 Å². The second-order valence-corrected chi connectivity index (χ2v) is 7.78. The molecule has 4 heteroatoms. The van der Waals surface area contributed by atoms with Crippen LogP contribution >= 0.6 is 0 Å². The van der Waals surface area contributed by atoms with Crippen molar-refractivity contribution < 1.29 is 14.3 Å². The van der Waals surface area contributed by atoms with Crippen LogP contribution in [-0.2, 0) is 11.3 Å². The molecule has 1 amide bonds. The van der Waals surface area contributed by atoms with Crippen LogP contribution in [0.5, 0.6) is 11.5 Å². The Kier molecular flexibility index (Phi) is 5.14. The number of amides is 1. The standard InChI is InChI=1S/C21H29NO3/c23-21(17-7-3-1-4-8-17)22(18-9-5-2-6-10-18)14-16-11-12-19-20(13-16)25-15-24-19/h11-13,17-18H,1-10,14-15H2. The largest absolute Gasteiger partial charge is 0.454 e. The smallest absolute Gasteiger partial charge is 0.231 e. The number of fused-ring (bicyclic) bond motifs is 1. The molecule has 0 bridgehead atoms. The average Bonchev–Trinajstić information content (AvgIpc) is 3.15. The molecule has 1 aromatic rings. The first kappa shape index (κ1) is 16.7. The Morgan fingerprint density at radius 2 is 1.60 bits per heavy atom. The van der Waals surface area contributed by atoms with Crippen LogP contribution in [0.15, 0.2) is 18.2 Å². The van der Waals surface area contributed by atoms with Crippen LogP contribution in [0.2, 0.25) is 0 Å². The highest BCUT2D eigenvalue weighted by Crippen LogP contribution is 2.35. The molecule has 1 heterocycles. The molecule has 0 saturated heterocycles. The summed E-state index contributed by atoms with van der Waals surface area (Å²) in [4.78, 5) is 15.5. The number of rotatable bonds is 4. The van der Waals surface area contributed by atoms with E-state index in [4.69, 9.17) is 9.47 Å². The minimum atomic E-state index is 0.240. The van der Waals surface area contributed by atoms with Crippen LogP contribution in [-0.4, -0.2) is 23.6 Å². The van der Waals surface area contributed by atoms with Gasteiger partial charge >= 0.3 is 0 Å².